The Morgan fingerprint density at radius 1 is 1.14 bits per heavy atom. The third-order valence-corrected chi connectivity index (χ3v) is 6.44. The van der Waals surface area contributed by atoms with Crippen molar-refractivity contribution in [2.75, 3.05) is 25.5 Å². The van der Waals surface area contributed by atoms with E-state index < -0.39 is 0 Å². The maximum atomic E-state index is 12.7. The fourth-order valence-corrected chi connectivity index (χ4v) is 4.72. The summed E-state index contributed by atoms with van der Waals surface area (Å²) in [5, 5.41) is 12.4. The van der Waals surface area contributed by atoms with Crippen LogP contribution in [0.5, 0.6) is 0 Å². The van der Waals surface area contributed by atoms with E-state index in [2.05, 4.69) is 65.7 Å². The minimum absolute atomic E-state index is 0.00701. The molecule has 6 heteroatoms. The Hall–Kier alpha value is -2.91. The van der Waals surface area contributed by atoms with E-state index in [-0.39, 0.29) is 17.1 Å². The summed E-state index contributed by atoms with van der Waals surface area (Å²) in [6, 6.07) is 14.4. The van der Waals surface area contributed by atoms with Gasteiger partial charge in [-0.1, -0.05) is 30.3 Å². The van der Waals surface area contributed by atoms with Crippen molar-refractivity contribution in [3.63, 3.8) is 0 Å². The summed E-state index contributed by atoms with van der Waals surface area (Å²) in [4.78, 5) is 20.9. The number of rotatable bonds is 3. The van der Waals surface area contributed by atoms with E-state index in [0.29, 0.717) is 17.8 Å². The first-order valence-electron chi connectivity index (χ1n) is 9.66. The van der Waals surface area contributed by atoms with Gasteiger partial charge in [0.2, 0.25) is 0 Å². The lowest BCUT2D eigenvalue weighted by molar-refractivity contribution is 0.0658. The number of urea groups is 1. The number of anilines is 1. The standard InChI is InChI=1S/C22H25N5O/c1-26(2)22(18-6-4-3-5-7-18)10-8-21(9-11-22)16-27(20(28)25-21)19-12-17(13-23)14-24-15-19/h3-7,12,14-15H,8-11,16H2,1-2H3,(H,25,28). The molecule has 1 aliphatic carbocycles. The van der Waals surface area contributed by atoms with Gasteiger partial charge in [0.1, 0.15) is 6.07 Å². The molecule has 2 amide bonds. The molecule has 6 nitrogen and oxygen atoms in total. The summed E-state index contributed by atoms with van der Waals surface area (Å²) in [6.07, 6.45) is 6.94. The van der Waals surface area contributed by atoms with Crippen LogP contribution in [0.15, 0.2) is 48.8 Å². The van der Waals surface area contributed by atoms with Crippen LogP contribution in [0.2, 0.25) is 0 Å². The van der Waals surface area contributed by atoms with Crippen LogP contribution in [0.4, 0.5) is 10.5 Å². The van der Waals surface area contributed by atoms with Crippen LogP contribution < -0.4 is 10.2 Å². The molecule has 0 bridgehead atoms. The molecule has 1 aliphatic heterocycles. The van der Waals surface area contributed by atoms with E-state index >= 15 is 0 Å². The molecule has 28 heavy (non-hydrogen) atoms. The number of nitrogens with zero attached hydrogens (tertiary/aromatic N) is 4. The lowest BCUT2D eigenvalue weighted by Crippen LogP contribution is -2.54. The lowest BCUT2D eigenvalue weighted by Gasteiger charge is -2.48. The molecule has 1 saturated heterocycles. The van der Waals surface area contributed by atoms with E-state index in [1.165, 1.54) is 11.8 Å². The van der Waals surface area contributed by atoms with E-state index in [0.717, 1.165) is 25.7 Å². The van der Waals surface area contributed by atoms with Crippen LogP contribution in [-0.4, -0.2) is 42.1 Å². The van der Waals surface area contributed by atoms with Crippen LogP contribution >= 0.6 is 0 Å². The van der Waals surface area contributed by atoms with Crippen LogP contribution in [0.25, 0.3) is 0 Å². The molecule has 1 N–H and O–H groups in total. The Bertz CT molecular complexity index is 910. The van der Waals surface area contributed by atoms with Crippen molar-refractivity contribution >= 4 is 11.7 Å². The Morgan fingerprint density at radius 2 is 1.86 bits per heavy atom. The highest BCUT2D eigenvalue weighted by atomic mass is 16.2. The number of hydrogen-bond donors (Lipinski definition) is 1. The summed E-state index contributed by atoms with van der Waals surface area (Å²) in [5.41, 5.74) is 2.24. The summed E-state index contributed by atoms with van der Waals surface area (Å²) in [5.74, 6) is 0. The molecule has 2 aliphatic rings. The van der Waals surface area contributed by atoms with Gasteiger partial charge in [0, 0.05) is 11.7 Å². The average molecular weight is 375 g/mol. The van der Waals surface area contributed by atoms with E-state index in [9.17, 15) is 4.79 Å². The van der Waals surface area contributed by atoms with Crippen molar-refractivity contribution in [1.82, 2.24) is 15.2 Å². The highest BCUT2D eigenvalue weighted by molar-refractivity contribution is 5.95. The monoisotopic (exact) mass is 375 g/mol. The average Bonchev–Trinajstić information content (AvgIpc) is 3.05. The maximum Gasteiger partial charge on any atom is 0.322 e. The first kappa shape index (κ1) is 18.5. The van der Waals surface area contributed by atoms with Crippen molar-refractivity contribution in [2.45, 2.75) is 36.8 Å². The number of nitrogens with one attached hydrogen (secondary N) is 1. The molecular formula is C22H25N5O. The number of benzene rings is 1. The maximum absolute atomic E-state index is 12.7. The molecule has 2 fully saturated rings. The SMILES string of the molecule is CN(C)C1(c2ccccc2)CCC2(CC1)CN(c1cncc(C#N)c1)C(=O)N2. The minimum Gasteiger partial charge on any atom is -0.330 e. The van der Waals surface area contributed by atoms with Crippen molar-refractivity contribution in [3.05, 3.63) is 59.9 Å². The third-order valence-electron chi connectivity index (χ3n) is 6.44. The zero-order valence-electron chi connectivity index (χ0n) is 16.4. The van der Waals surface area contributed by atoms with Crippen LogP contribution in [0.3, 0.4) is 0 Å². The topological polar surface area (TPSA) is 72.3 Å². The highest BCUT2D eigenvalue weighted by Crippen LogP contribution is 2.46. The molecule has 1 spiro atoms. The second-order valence-electron chi connectivity index (χ2n) is 8.13. The Balaban J connectivity index is 1.56. The number of nitriles is 1. The van der Waals surface area contributed by atoms with E-state index in [4.69, 9.17) is 5.26 Å². The zero-order chi connectivity index (χ0) is 19.8. The molecule has 0 radical (unpaired) electrons. The number of amides is 2. The number of hydrogen-bond acceptors (Lipinski definition) is 4. The second kappa shape index (κ2) is 6.92. The van der Waals surface area contributed by atoms with E-state index in [1.54, 1.807) is 17.2 Å². The summed E-state index contributed by atoms with van der Waals surface area (Å²) >= 11 is 0. The molecule has 0 unspecified atom stereocenters. The third kappa shape index (κ3) is 3.02. The number of carbonyl (C=O) groups is 1. The fourth-order valence-electron chi connectivity index (χ4n) is 4.72. The Kier molecular flexibility index (Phi) is 4.56. The summed E-state index contributed by atoms with van der Waals surface area (Å²) in [7, 11) is 4.28. The normalized spacial score (nSPS) is 27.1. The number of carbonyl (C=O) groups excluding carboxylic acids is 1. The second-order valence-corrected chi connectivity index (χ2v) is 8.13. The first-order valence-corrected chi connectivity index (χ1v) is 9.66. The van der Waals surface area contributed by atoms with Crippen molar-refractivity contribution in [1.29, 1.82) is 5.26 Å². The lowest BCUT2D eigenvalue weighted by atomic mass is 9.69. The molecular weight excluding hydrogens is 350 g/mol. The predicted octanol–water partition coefficient (Wildman–Crippen LogP) is 3.25. The van der Waals surface area contributed by atoms with Crippen molar-refractivity contribution in [2.24, 2.45) is 0 Å². The van der Waals surface area contributed by atoms with Gasteiger partial charge in [0.15, 0.2) is 0 Å². The van der Waals surface area contributed by atoms with Crippen LogP contribution in [-0.2, 0) is 5.54 Å². The van der Waals surface area contributed by atoms with E-state index in [1.807, 2.05) is 0 Å². The predicted molar refractivity (Wildman–Crippen MR) is 108 cm³/mol. The quantitative estimate of drug-likeness (QED) is 0.894. The van der Waals surface area contributed by atoms with Gasteiger partial charge in [-0.05, 0) is 51.4 Å². The first-order chi connectivity index (χ1) is 13.5. The molecule has 2 heterocycles. The van der Waals surface area contributed by atoms with Gasteiger partial charge in [-0.15, -0.1) is 0 Å². The summed E-state index contributed by atoms with van der Waals surface area (Å²) in [6.45, 7) is 0.612. The van der Waals surface area contributed by atoms with Crippen LogP contribution in [0, 0.1) is 11.3 Å². The minimum atomic E-state index is -0.228. The van der Waals surface area contributed by atoms with Gasteiger partial charge < -0.3 is 5.32 Å². The smallest absolute Gasteiger partial charge is 0.322 e. The van der Waals surface area contributed by atoms with Gasteiger partial charge in [-0.2, -0.15) is 5.26 Å². The molecule has 2 aromatic rings. The Morgan fingerprint density at radius 3 is 2.50 bits per heavy atom. The highest BCUT2D eigenvalue weighted by Gasteiger charge is 2.50. The number of pyridine rings is 1. The van der Waals surface area contributed by atoms with Gasteiger partial charge in [0.25, 0.3) is 0 Å². The van der Waals surface area contributed by atoms with Gasteiger partial charge in [0.05, 0.1) is 29.5 Å². The van der Waals surface area contributed by atoms with Gasteiger partial charge in [-0.3, -0.25) is 14.8 Å². The zero-order valence-corrected chi connectivity index (χ0v) is 16.4. The number of aromatic nitrogens is 1. The van der Waals surface area contributed by atoms with Crippen LogP contribution in [0.1, 0.15) is 36.8 Å². The molecule has 1 aromatic heterocycles. The Labute approximate surface area is 165 Å². The molecule has 1 aromatic carbocycles. The van der Waals surface area contributed by atoms with Crippen molar-refractivity contribution < 1.29 is 4.79 Å². The molecule has 144 valence electrons. The molecule has 1 saturated carbocycles. The largest absolute Gasteiger partial charge is 0.330 e. The van der Waals surface area contributed by atoms with Gasteiger partial charge >= 0.3 is 6.03 Å². The molecule has 4 rings (SSSR count). The van der Waals surface area contributed by atoms with Crippen molar-refractivity contribution in [3.8, 4) is 6.07 Å². The summed E-state index contributed by atoms with van der Waals surface area (Å²) < 4.78 is 0. The molecule has 0 atom stereocenters. The van der Waals surface area contributed by atoms with Gasteiger partial charge in [-0.25, -0.2) is 4.79 Å². The fraction of sp³-hybridized carbons (Fsp3) is 0.409.